The van der Waals surface area contributed by atoms with Crippen LogP contribution in [0.3, 0.4) is 0 Å². The van der Waals surface area contributed by atoms with Crippen LogP contribution in [0.5, 0.6) is 0 Å². The molecule has 0 aromatic heterocycles. The number of rotatable bonds is 6. The Labute approximate surface area is 624 Å². The van der Waals surface area contributed by atoms with Crippen molar-refractivity contribution in [2.24, 2.45) is 125 Å². The van der Waals surface area contributed by atoms with E-state index >= 15 is 0 Å². The van der Waals surface area contributed by atoms with Crippen molar-refractivity contribution in [2.45, 2.75) is 471 Å². The molecule has 2 N–H and O–H groups in total. The molecule has 4 heteroatoms. The van der Waals surface area contributed by atoms with Gasteiger partial charge in [0.05, 0.1) is 10.8 Å². The molecule has 8 rings (SSSR count). The van der Waals surface area contributed by atoms with E-state index in [1.54, 1.807) is 0 Å². The maximum atomic E-state index is 11.2. The number of hydrogen-bond donors (Lipinski definition) is 2. The molecule has 8 aliphatic rings. The van der Waals surface area contributed by atoms with Crippen LogP contribution in [0.1, 0.15) is 471 Å². The van der Waals surface area contributed by atoms with Crippen molar-refractivity contribution in [1.29, 1.82) is 0 Å². The summed E-state index contributed by atoms with van der Waals surface area (Å²) in [5.41, 5.74) is 8.99. The fraction of sp³-hybridized carbons (Fsp3) is 0.979. The van der Waals surface area contributed by atoms with E-state index in [0.717, 1.165) is 57.8 Å². The molecule has 0 radical (unpaired) electrons. The fourth-order valence-electron chi connectivity index (χ4n) is 23.2. The molecular formula is C95H186O4. The molecule has 1 atom stereocenters. The van der Waals surface area contributed by atoms with E-state index in [1.165, 1.54) is 116 Å². The minimum absolute atomic E-state index is 0.138. The Morgan fingerprint density at radius 1 is 0.253 bits per heavy atom. The number of carbonyl (C=O) groups is 2. The summed E-state index contributed by atoms with van der Waals surface area (Å²) >= 11 is 0. The zero-order valence-corrected chi connectivity index (χ0v) is 76.4. The highest BCUT2D eigenvalue weighted by Gasteiger charge is 2.60. The highest BCUT2D eigenvalue weighted by molar-refractivity contribution is 5.76. The van der Waals surface area contributed by atoms with Crippen LogP contribution in [0.2, 0.25) is 0 Å². The quantitative estimate of drug-likeness (QED) is 0.278. The molecule has 0 aromatic carbocycles. The van der Waals surface area contributed by atoms with Crippen molar-refractivity contribution in [3.05, 3.63) is 0 Å². The van der Waals surface area contributed by atoms with Gasteiger partial charge in [-0.25, -0.2) is 0 Å². The van der Waals surface area contributed by atoms with Gasteiger partial charge in [0.1, 0.15) is 0 Å². The lowest BCUT2D eigenvalue weighted by Crippen LogP contribution is -2.51. The fourth-order valence-corrected chi connectivity index (χ4v) is 23.2. The second kappa shape index (κ2) is 32.0. The van der Waals surface area contributed by atoms with E-state index in [1.807, 2.05) is 0 Å². The van der Waals surface area contributed by atoms with Gasteiger partial charge in [-0.1, -0.05) is 349 Å². The van der Waals surface area contributed by atoms with Crippen LogP contribution >= 0.6 is 0 Å². The van der Waals surface area contributed by atoms with Crippen molar-refractivity contribution in [3.8, 4) is 0 Å². The molecule has 0 aromatic rings. The van der Waals surface area contributed by atoms with Crippen LogP contribution in [0.15, 0.2) is 0 Å². The summed E-state index contributed by atoms with van der Waals surface area (Å²) in [4.78, 5) is 22.1. The van der Waals surface area contributed by atoms with Gasteiger partial charge >= 0.3 is 11.9 Å². The number of carboxylic acid groups (broad SMARTS) is 2. The lowest BCUT2D eigenvalue weighted by molar-refractivity contribution is -0.157. The van der Waals surface area contributed by atoms with Gasteiger partial charge in [-0.15, -0.1) is 0 Å². The average Bonchev–Trinajstić information content (AvgIpc) is 1.72. The maximum absolute atomic E-state index is 11.2. The first kappa shape index (κ1) is 96.0. The Morgan fingerprint density at radius 2 is 0.414 bits per heavy atom. The molecule has 0 aliphatic heterocycles. The van der Waals surface area contributed by atoms with E-state index in [0.29, 0.717) is 109 Å². The summed E-state index contributed by atoms with van der Waals surface area (Å²) in [6.45, 7) is 102. The molecule has 0 heterocycles. The SMILES string of the molecule is CC(C)(C)C1(C(C)(C)C)CC1.CC(C)(C)C1(C(C)(C)C)CCC1.CC(C)(C)C1(C(C)(C)C)CCC1.CC(C)(C)C1(C(C)(C)C)CCC1.CC(C)(C)C1(C(C)(C)C)CCC1.CC(C)(C)C1(C(C)(C)C)CCCC1.CC(C)(C)CC1(C(=O)O)CCC1.CC(CCC1(C(=O)O)CCC1)C(C)(C)C. The van der Waals surface area contributed by atoms with Gasteiger partial charge in [0, 0.05) is 0 Å². The van der Waals surface area contributed by atoms with Crippen molar-refractivity contribution in [3.63, 3.8) is 0 Å². The van der Waals surface area contributed by atoms with E-state index in [-0.39, 0.29) is 16.2 Å². The third kappa shape index (κ3) is 22.1. The third-order valence-corrected chi connectivity index (χ3v) is 31.2. The first-order chi connectivity index (χ1) is 43.4. The number of hydrogen-bond acceptors (Lipinski definition) is 2. The van der Waals surface area contributed by atoms with Crippen LogP contribution in [0, 0.1) is 125 Å². The second-order valence-corrected chi connectivity index (χ2v) is 50.0. The summed E-state index contributed by atoms with van der Waals surface area (Å²) in [5, 5.41) is 18.2. The first-order valence-electron chi connectivity index (χ1n) is 41.8. The lowest BCUT2D eigenvalue weighted by atomic mass is 9.45. The van der Waals surface area contributed by atoms with Crippen LogP contribution in [-0.4, -0.2) is 22.2 Å². The van der Waals surface area contributed by atoms with Gasteiger partial charge in [0.15, 0.2) is 0 Å². The molecule has 590 valence electrons. The molecule has 0 amide bonds. The van der Waals surface area contributed by atoms with Crippen molar-refractivity contribution in [1.82, 2.24) is 0 Å². The highest BCUT2D eigenvalue weighted by Crippen LogP contribution is 2.69. The van der Waals surface area contributed by atoms with Gasteiger partial charge < -0.3 is 10.2 Å². The summed E-state index contributed by atoms with van der Waals surface area (Å²) < 4.78 is 0. The van der Waals surface area contributed by atoms with Crippen LogP contribution in [0.25, 0.3) is 0 Å². The van der Waals surface area contributed by atoms with E-state index in [2.05, 4.69) is 298 Å². The monoisotopic (exact) mass is 1390 g/mol. The van der Waals surface area contributed by atoms with Crippen molar-refractivity contribution >= 4 is 11.9 Å². The van der Waals surface area contributed by atoms with Gasteiger partial charge in [-0.05, 0) is 236 Å². The Hall–Kier alpha value is -1.06. The largest absolute Gasteiger partial charge is 0.481 e. The highest BCUT2D eigenvalue weighted by atomic mass is 16.4. The third-order valence-electron chi connectivity index (χ3n) is 31.2. The zero-order chi connectivity index (χ0) is 78.8. The Bertz CT molecular complexity index is 2160. The topological polar surface area (TPSA) is 74.6 Å². The van der Waals surface area contributed by atoms with E-state index in [4.69, 9.17) is 5.11 Å². The van der Waals surface area contributed by atoms with Gasteiger partial charge in [-0.3, -0.25) is 9.59 Å². The average molecular weight is 1390 g/mol. The zero-order valence-electron chi connectivity index (χ0n) is 76.4. The van der Waals surface area contributed by atoms with Gasteiger partial charge in [0.25, 0.3) is 0 Å². The van der Waals surface area contributed by atoms with Crippen LogP contribution < -0.4 is 0 Å². The van der Waals surface area contributed by atoms with Gasteiger partial charge in [-0.2, -0.15) is 0 Å². The Morgan fingerprint density at radius 3 is 0.485 bits per heavy atom. The number of carboxylic acids is 2. The summed E-state index contributed by atoms with van der Waals surface area (Å²) in [5.74, 6) is -0.576. The standard InChI is InChI=1S/C13H24O2.C13H26.4C12H24.C11H22.C10H18O2/c1-10(12(2,3)4)6-9-13(11(14)15)7-5-8-13;1-11(2,3)13(12(4,5)6)9-7-8-10-13;4*1-10(2,3)12(8-7-9-12)11(4,5)6;1-9(2,3)11(7-8-11)10(4,5)6;1-9(2,3)7-10(8(11)12)5-4-6-10/h10H,5-9H2,1-4H3,(H,14,15);7-10H2,1-6H3;4*7-9H2,1-6H3;7-8H2,1-6H3;4-7H2,1-3H3,(H,11,12). The van der Waals surface area contributed by atoms with Crippen molar-refractivity contribution in [2.75, 3.05) is 0 Å². The molecular weight excluding hydrogens is 1210 g/mol. The van der Waals surface area contributed by atoms with E-state index < -0.39 is 11.9 Å². The van der Waals surface area contributed by atoms with E-state index in [9.17, 15) is 14.7 Å². The van der Waals surface area contributed by atoms with Crippen LogP contribution in [-0.2, 0) is 9.59 Å². The smallest absolute Gasteiger partial charge is 0.309 e. The molecule has 8 saturated carbocycles. The molecule has 0 spiro atoms. The van der Waals surface area contributed by atoms with Crippen molar-refractivity contribution < 1.29 is 19.8 Å². The second-order valence-electron chi connectivity index (χ2n) is 50.0. The lowest BCUT2D eigenvalue weighted by Gasteiger charge is -2.60. The Kier molecular flexibility index (Phi) is 31.0. The molecule has 0 saturated heterocycles. The molecule has 0 bridgehead atoms. The summed E-state index contributed by atoms with van der Waals surface area (Å²) in [6, 6.07) is 0. The minimum atomic E-state index is -0.594. The normalized spacial score (nSPS) is 23.0. The maximum Gasteiger partial charge on any atom is 0.309 e. The van der Waals surface area contributed by atoms with Gasteiger partial charge in [0.2, 0.25) is 0 Å². The number of aliphatic carboxylic acids is 2. The molecule has 8 fully saturated rings. The predicted molar refractivity (Wildman–Crippen MR) is 441 cm³/mol. The minimum Gasteiger partial charge on any atom is -0.481 e. The van der Waals surface area contributed by atoms with Crippen LogP contribution in [0.4, 0.5) is 0 Å². The molecule has 4 nitrogen and oxygen atoms in total. The first-order valence-corrected chi connectivity index (χ1v) is 41.8. The summed E-state index contributed by atoms with van der Waals surface area (Å²) in [7, 11) is 0. The molecule has 1 unspecified atom stereocenters. The molecule has 8 aliphatic carbocycles. The predicted octanol–water partition coefficient (Wildman–Crippen LogP) is 31.9. The Balaban J connectivity index is 0.000000566. The molecule has 99 heavy (non-hydrogen) atoms. The summed E-state index contributed by atoms with van der Waals surface area (Å²) in [6.07, 6.45) is 34.2.